The number of ketones is 1. The van der Waals surface area contributed by atoms with Crippen LogP contribution in [0.15, 0.2) is 18.2 Å². The number of carbonyl (C=O) groups excluding carboxylic acids is 3. The number of benzene rings is 1. The summed E-state index contributed by atoms with van der Waals surface area (Å²) in [5.41, 5.74) is 1.16. The highest BCUT2D eigenvalue weighted by atomic mass is 35.5. The average molecular weight is 269 g/mol. The van der Waals surface area contributed by atoms with Crippen LogP contribution in [-0.2, 0) is 16.0 Å². The summed E-state index contributed by atoms with van der Waals surface area (Å²) in [6.07, 6.45) is 0.695. The van der Waals surface area contributed by atoms with Crippen molar-refractivity contribution in [3.63, 3.8) is 0 Å². The van der Waals surface area contributed by atoms with Gasteiger partial charge in [0.25, 0.3) is 0 Å². The van der Waals surface area contributed by atoms with Crippen LogP contribution in [0.25, 0.3) is 0 Å². The average Bonchev–Trinajstić information content (AvgIpc) is 2.39. The van der Waals surface area contributed by atoms with Crippen LogP contribution in [0.1, 0.15) is 33.2 Å². The van der Waals surface area contributed by atoms with Crippen LogP contribution in [0.3, 0.4) is 0 Å². The molecule has 0 bridgehead atoms. The molecule has 0 spiro atoms. The van der Waals surface area contributed by atoms with Crippen molar-refractivity contribution in [1.29, 1.82) is 0 Å². The largest absolute Gasteiger partial charge is 0.462 e. The number of rotatable bonds is 6. The van der Waals surface area contributed by atoms with Crippen LogP contribution >= 0.6 is 11.6 Å². The van der Waals surface area contributed by atoms with Gasteiger partial charge in [0.2, 0.25) is 0 Å². The molecule has 1 aromatic carbocycles. The van der Waals surface area contributed by atoms with Gasteiger partial charge in [-0.1, -0.05) is 6.07 Å². The summed E-state index contributed by atoms with van der Waals surface area (Å²) < 4.78 is 4.83. The molecule has 0 saturated carbocycles. The van der Waals surface area contributed by atoms with E-state index in [0.717, 1.165) is 0 Å². The van der Waals surface area contributed by atoms with Gasteiger partial charge in [0, 0.05) is 12.0 Å². The molecule has 0 N–H and O–H groups in total. The molecule has 0 aliphatic rings. The predicted octanol–water partition coefficient (Wildman–Crippen LogP) is 2.03. The molecule has 0 atom stereocenters. The summed E-state index contributed by atoms with van der Waals surface area (Å²) in [4.78, 5) is 33.6. The quantitative estimate of drug-likeness (QED) is 0.450. The minimum Gasteiger partial charge on any atom is -0.462 e. The van der Waals surface area contributed by atoms with Gasteiger partial charge in [0.05, 0.1) is 18.1 Å². The lowest BCUT2D eigenvalue weighted by molar-refractivity contribution is -0.116. The van der Waals surface area contributed by atoms with Crippen LogP contribution < -0.4 is 0 Å². The molecule has 0 fully saturated rings. The summed E-state index contributed by atoms with van der Waals surface area (Å²) >= 11 is 5.41. The van der Waals surface area contributed by atoms with Crippen molar-refractivity contribution in [3.8, 4) is 0 Å². The van der Waals surface area contributed by atoms with Gasteiger partial charge in [-0.3, -0.25) is 9.59 Å². The number of ether oxygens (including phenoxy) is 1. The van der Waals surface area contributed by atoms with E-state index >= 15 is 0 Å². The first-order valence-corrected chi connectivity index (χ1v) is 5.98. The van der Waals surface area contributed by atoms with E-state index in [2.05, 4.69) is 0 Å². The fraction of sp³-hybridized carbons (Fsp3) is 0.308. The Balaban J connectivity index is 2.99. The van der Waals surface area contributed by atoms with Crippen molar-refractivity contribution in [3.05, 3.63) is 34.9 Å². The monoisotopic (exact) mass is 268 g/mol. The van der Waals surface area contributed by atoms with Gasteiger partial charge in [-0.05, 0) is 24.6 Å². The number of Topliss-reactive ketones (excluding diaryl/α,β-unsaturated/α-hetero) is 1. The first-order valence-electron chi connectivity index (χ1n) is 5.45. The lowest BCUT2D eigenvalue weighted by Gasteiger charge is -2.06. The van der Waals surface area contributed by atoms with Gasteiger partial charge in [-0.25, -0.2) is 4.79 Å². The number of hydrogen-bond acceptors (Lipinski definition) is 4. The van der Waals surface area contributed by atoms with Gasteiger partial charge in [0.15, 0.2) is 5.78 Å². The van der Waals surface area contributed by atoms with Crippen molar-refractivity contribution < 1.29 is 19.1 Å². The van der Waals surface area contributed by atoms with Crippen LogP contribution in [0.5, 0.6) is 0 Å². The molecule has 0 saturated heterocycles. The smallest absolute Gasteiger partial charge is 0.338 e. The molecule has 0 aromatic heterocycles. The molecule has 0 radical (unpaired) electrons. The van der Waals surface area contributed by atoms with Crippen molar-refractivity contribution in [2.45, 2.75) is 13.3 Å². The zero-order chi connectivity index (χ0) is 13.5. The van der Waals surface area contributed by atoms with Gasteiger partial charge < -0.3 is 4.74 Å². The third-order valence-corrected chi connectivity index (χ3v) is 2.62. The third-order valence-electron chi connectivity index (χ3n) is 2.32. The van der Waals surface area contributed by atoms with Crippen LogP contribution in [0.4, 0.5) is 0 Å². The number of hydrogen-bond donors (Lipinski definition) is 0. The Bertz CT molecular complexity index is 468. The lowest BCUT2D eigenvalue weighted by Crippen LogP contribution is -2.09. The minimum atomic E-state index is -0.490. The standard InChI is InChI=1S/C13H13ClO4/c1-2-18-13(17)10-4-3-9(6-12(16)7-14)11(5-10)8-15/h3-5,8H,2,6-7H2,1H3. The SMILES string of the molecule is CCOC(=O)c1ccc(CC(=O)CCl)c(C=O)c1. The van der Waals surface area contributed by atoms with E-state index in [1.54, 1.807) is 13.0 Å². The van der Waals surface area contributed by atoms with Crippen molar-refractivity contribution in [2.24, 2.45) is 0 Å². The van der Waals surface area contributed by atoms with Crippen LogP contribution in [0.2, 0.25) is 0 Å². The fourth-order valence-electron chi connectivity index (χ4n) is 1.47. The Kier molecular flexibility index (Phi) is 5.52. The Morgan fingerprint density at radius 2 is 2.11 bits per heavy atom. The zero-order valence-corrected chi connectivity index (χ0v) is 10.7. The van der Waals surface area contributed by atoms with E-state index < -0.39 is 5.97 Å². The van der Waals surface area contributed by atoms with E-state index in [-0.39, 0.29) is 24.7 Å². The highest BCUT2D eigenvalue weighted by molar-refractivity contribution is 6.27. The molecule has 4 nitrogen and oxygen atoms in total. The number of aldehydes is 1. The van der Waals surface area contributed by atoms with Gasteiger partial charge in [-0.2, -0.15) is 0 Å². The van der Waals surface area contributed by atoms with E-state index in [1.807, 2.05) is 0 Å². The molecule has 1 aromatic rings. The molecule has 96 valence electrons. The second-order valence-corrected chi connectivity index (χ2v) is 3.87. The molecule has 0 unspecified atom stereocenters. The van der Waals surface area contributed by atoms with E-state index in [0.29, 0.717) is 23.0 Å². The first kappa shape index (κ1) is 14.4. The molecule has 0 amide bonds. The second-order valence-electron chi connectivity index (χ2n) is 3.60. The van der Waals surface area contributed by atoms with Crippen molar-refractivity contribution in [1.82, 2.24) is 0 Å². The number of esters is 1. The van der Waals surface area contributed by atoms with E-state index in [1.165, 1.54) is 12.1 Å². The maximum absolute atomic E-state index is 11.5. The topological polar surface area (TPSA) is 60.4 Å². The van der Waals surface area contributed by atoms with Crippen LogP contribution in [-0.4, -0.2) is 30.5 Å². The highest BCUT2D eigenvalue weighted by Crippen LogP contribution is 2.13. The molecule has 18 heavy (non-hydrogen) atoms. The molecule has 0 aliphatic heterocycles. The number of halogens is 1. The maximum Gasteiger partial charge on any atom is 0.338 e. The van der Waals surface area contributed by atoms with Gasteiger partial charge in [0.1, 0.15) is 6.29 Å². The van der Waals surface area contributed by atoms with Crippen molar-refractivity contribution in [2.75, 3.05) is 12.5 Å². The van der Waals surface area contributed by atoms with E-state index in [9.17, 15) is 14.4 Å². The van der Waals surface area contributed by atoms with E-state index in [4.69, 9.17) is 16.3 Å². The minimum absolute atomic E-state index is 0.0840. The Hall–Kier alpha value is -1.68. The molecule has 0 aliphatic carbocycles. The normalized spacial score (nSPS) is 9.89. The molecule has 5 heteroatoms. The van der Waals surface area contributed by atoms with Gasteiger partial charge >= 0.3 is 5.97 Å². The number of alkyl halides is 1. The molecular formula is C13H13ClO4. The van der Waals surface area contributed by atoms with Gasteiger partial charge in [-0.15, -0.1) is 11.6 Å². The molecule has 1 rings (SSSR count). The molecular weight excluding hydrogens is 256 g/mol. The van der Waals surface area contributed by atoms with Crippen molar-refractivity contribution >= 4 is 29.6 Å². The second kappa shape index (κ2) is 6.91. The Labute approximate surface area is 110 Å². The predicted molar refractivity (Wildman–Crippen MR) is 67.2 cm³/mol. The fourth-order valence-corrected chi connectivity index (χ4v) is 1.56. The lowest BCUT2D eigenvalue weighted by atomic mass is 10.0. The summed E-state index contributed by atoms with van der Waals surface area (Å²) in [5.74, 6) is -0.766. The van der Waals surface area contributed by atoms with Crippen LogP contribution in [0, 0.1) is 0 Å². The summed E-state index contributed by atoms with van der Waals surface area (Å²) in [7, 11) is 0. The summed E-state index contributed by atoms with van der Waals surface area (Å²) in [6.45, 7) is 1.97. The summed E-state index contributed by atoms with van der Waals surface area (Å²) in [6, 6.07) is 4.52. The highest BCUT2D eigenvalue weighted by Gasteiger charge is 2.12. The third kappa shape index (κ3) is 3.67. The Morgan fingerprint density at radius 3 is 2.67 bits per heavy atom. The molecule has 0 heterocycles. The Morgan fingerprint density at radius 1 is 1.39 bits per heavy atom. The first-order chi connectivity index (χ1) is 8.62. The maximum atomic E-state index is 11.5. The summed E-state index contributed by atoms with van der Waals surface area (Å²) in [5, 5.41) is 0. The zero-order valence-electron chi connectivity index (χ0n) is 9.94. The number of carbonyl (C=O) groups is 3.